The van der Waals surface area contributed by atoms with Gasteiger partial charge in [0.15, 0.2) is 11.9 Å². The van der Waals surface area contributed by atoms with Crippen LogP contribution in [-0.4, -0.2) is 17.8 Å². The second kappa shape index (κ2) is 10.4. The van der Waals surface area contributed by atoms with Crippen molar-refractivity contribution < 1.29 is 9.53 Å². The van der Waals surface area contributed by atoms with E-state index in [0.29, 0.717) is 17.3 Å². The van der Waals surface area contributed by atoms with Crippen molar-refractivity contribution in [3.8, 4) is 0 Å². The molecule has 0 aliphatic carbocycles. The number of ketones is 1. The molecule has 2 atom stereocenters. The fourth-order valence-electron chi connectivity index (χ4n) is 3.51. The number of benzene rings is 2. The predicted octanol–water partition coefficient (Wildman–Crippen LogP) is 6.55. The Balaban J connectivity index is 1.69. The average molecular weight is 398 g/mol. The van der Waals surface area contributed by atoms with E-state index in [9.17, 15) is 4.79 Å². The Kier molecular flexibility index (Phi) is 7.67. The van der Waals surface area contributed by atoms with Gasteiger partial charge in [-0.05, 0) is 36.2 Å². The van der Waals surface area contributed by atoms with Gasteiger partial charge in [-0.1, -0.05) is 81.0 Å². The highest BCUT2D eigenvalue weighted by Crippen LogP contribution is 2.33. The van der Waals surface area contributed by atoms with Crippen LogP contribution in [0.25, 0.3) is 0 Å². The van der Waals surface area contributed by atoms with Crippen LogP contribution in [0.4, 0.5) is 0 Å². The van der Waals surface area contributed by atoms with Gasteiger partial charge in [-0.15, -0.1) is 0 Å². The molecule has 0 bridgehead atoms. The van der Waals surface area contributed by atoms with Gasteiger partial charge in [-0.3, -0.25) is 4.79 Å². The first-order valence-electron chi connectivity index (χ1n) is 10.3. The van der Waals surface area contributed by atoms with E-state index in [1.165, 1.54) is 25.7 Å². The highest BCUT2D eigenvalue weighted by molar-refractivity contribution is 6.30. The molecule has 0 saturated heterocycles. The van der Waals surface area contributed by atoms with Gasteiger partial charge in [-0.2, -0.15) is 0 Å². The van der Waals surface area contributed by atoms with Gasteiger partial charge < -0.3 is 4.74 Å². The lowest BCUT2D eigenvalue weighted by Gasteiger charge is -2.17. The molecule has 0 amide bonds. The van der Waals surface area contributed by atoms with E-state index in [0.717, 1.165) is 24.0 Å². The summed E-state index contributed by atoms with van der Waals surface area (Å²) in [6, 6.07) is 17.0. The number of aliphatic imine (C=N–C) groups is 1. The largest absolute Gasteiger partial charge is 0.463 e. The molecule has 1 aliphatic heterocycles. The molecule has 1 aliphatic rings. The van der Waals surface area contributed by atoms with E-state index < -0.39 is 6.10 Å². The average Bonchev–Trinajstić information content (AvgIpc) is 3.17. The molecule has 3 nitrogen and oxygen atoms in total. The number of carbonyl (C=O) groups excluding carboxylic acids is 1. The van der Waals surface area contributed by atoms with Crippen LogP contribution < -0.4 is 0 Å². The van der Waals surface area contributed by atoms with Crippen LogP contribution in [0.5, 0.6) is 0 Å². The van der Waals surface area contributed by atoms with Crippen LogP contribution in [-0.2, 0) is 9.53 Å². The van der Waals surface area contributed by atoms with Crippen molar-refractivity contribution >= 4 is 23.3 Å². The van der Waals surface area contributed by atoms with Crippen LogP contribution in [0.3, 0.4) is 0 Å². The molecule has 0 unspecified atom stereocenters. The van der Waals surface area contributed by atoms with Crippen LogP contribution >= 0.6 is 11.6 Å². The number of Topliss-reactive ketones (excluding diaryl/α,β-unsaturated/α-hetero) is 1. The molecule has 0 fully saturated rings. The van der Waals surface area contributed by atoms with Crippen molar-refractivity contribution in [2.45, 2.75) is 64.0 Å². The van der Waals surface area contributed by atoms with Crippen molar-refractivity contribution in [2.75, 3.05) is 0 Å². The van der Waals surface area contributed by atoms with Gasteiger partial charge in [0.05, 0.1) is 0 Å². The maximum absolute atomic E-state index is 12.9. The summed E-state index contributed by atoms with van der Waals surface area (Å²) in [6.07, 6.45) is 6.93. The van der Waals surface area contributed by atoms with Gasteiger partial charge in [-0.25, -0.2) is 4.99 Å². The minimum Gasteiger partial charge on any atom is -0.463 e. The summed E-state index contributed by atoms with van der Waals surface area (Å²) >= 11 is 6.03. The molecular formula is C24H28ClNO2. The van der Waals surface area contributed by atoms with Crippen molar-refractivity contribution in [2.24, 2.45) is 4.99 Å². The highest BCUT2D eigenvalue weighted by Gasteiger charge is 2.37. The Bertz CT molecular complexity index is 786. The van der Waals surface area contributed by atoms with Gasteiger partial charge in [0, 0.05) is 17.0 Å². The molecule has 148 valence electrons. The topological polar surface area (TPSA) is 38.7 Å². The third-order valence-corrected chi connectivity index (χ3v) is 5.36. The smallest absolute Gasteiger partial charge is 0.217 e. The molecule has 0 saturated carbocycles. The number of carbonyl (C=O) groups is 1. The minimum absolute atomic E-state index is 0.130. The summed E-state index contributed by atoms with van der Waals surface area (Å²) in [7, 11) is 0. The van der Waals surface area contributed by atoms with Crippen LogP contribution in [0, 0.1) is 0 Å². The van der Waals surface area contributed by atoms with Gasteiger partial charge >= 0.3 is 0 Å². The lowest BCUT2D eigenvalue weighted by molar-refractivity contribution is -0.126. The number of nitrogens with zero attached hydrogens (tertiary/aromatic N) is 1. The summed E-state index contributed by atoms with van der Waals surface area (Å²) in [5.74, 6) is 0.673. The fraction of sp³-hybridized carbons (Fsp3) is 0.417. The van der Waals surface area contributed by atoms with Crippen molar-refractivity contribution in [3.63, 3.8) is 0 Å². The molecular weight excluding hydrogens is 370 g/mol. The molecule has 3 rings (SSSR count). The first-order valence-corrected chi connectivity index (χ1v) is 10.6. The maximum atomic E-state index is 12.9. The second-order valence-corrected chi connectivity index (χ2v) is 7.76. The molecule has 0 spiro atoms. The molecule has 4 heteroatoms. The number of ether oxygens (including phenoxy) is 1. The lowest BCUT2D eigenvalue weighted by atomic mass is 9.96. The van der Waals surface area contributed by atoms with Crippen LogP contribution in [0.1, 0.15) is 69.0 Å². The molecule has 2 aromatic rings. The summed E-state index contributed by atoms with van der Waals surface area (Å²) in [5, 5.41) is 0.671. The van der Waals surface area contributed by atoms with Crippen LogP contribution in [0.15, 0.2) is 59.6 Å². The normalized spacial score (nSPS) is 18.6. The van der Waals surface area contributed by atoms with E-state index in [4.69, 9.17) is 21.3 Å². The molecule has 1 heterocycles. The van der Waals surface area contributed by atoms with E-state index in [1.54, 1.807) is 0 Å². The summed E-state index contributed by atoms with van der Waals surface area (Å²) in [4.78, 5) is 17.7. The highest BCUT2D eigenvalue weighted by atomic mass is 35.5. The monoisotopic (exact) mass is 397 g/mol. The first kappa shape index (κ1) is 20.6. The van der Waals surface area contributed by atoms with Crippen molar-refractivity contribution in [1.29, 1.82) is 0 Å². The standard InChI is InChI=1S/C24H28ClNO2/c1-2-3-4-5-6-10-13-21(27)23-22(18-14-16-20(25)17-15-18)26-24(28-23)19-11-8-7-9-12-19/h7-9,11-12,14-17,22-23H,2-6,10,13H2,1H3/t22-,23-/m1/s1. The molecule has 0 N–H and O–H groups in total. The zero-order chi connectivity index (χ0) is 19.8. The second-order valence-electron chi connectivity index (χ2n) is 7.32. The number of hydrogen-bond acceptors (Lipinski definition) is 3. The Morgan fingerprint density at radius 2 is 1.64 bits per heavy atom. The Morgan fingerprint density at radius 1 is 0.964 bits per heavy atom. The Hall–Kier alpha value is -2.13. The number of hydrogen-bond donors (Lipinski definition) is 0. The third-order valence-electron chi connectivity index (χ3n) is 5.11. The summed E-state index contributed by atoms with van der Waals surface area (Å²) in [6.45, 7) is 2.21. The third kappa shape index (κ3) is 5.45. The van der Waals surface area contributed by atoms with Gasteiger partial charge in [0.2, 0.25) is 5.90 Å². The van der Waals surface area contributed by atoms with Gasteiger partial charge in [0.25, 0.3) is 0 Å². The number of unbranched alkanes of at least 4 members (excludes halogenated alkanes) is 5. The fourth-order valence-corrected chi connectivity index (χ4v) is 3.63. The van der Waals surface area contributed by atoms with E-state index in [1.807, 2.05) is 54.6 Å². The molecule has 2 aromatic carbocycles. The van der Waals surface area contributed by atoms with E-state index in [2.05, 4.69) is 6.92 Å². The van der Waals surface area contributed by atoms with Crippen LogP contribution in [0.2, 0.25) is 5.02 Å². The summed E-state index contributed by atoms with van der Waals surface area (Å²) < 4.78 is 6.07. The molecule has 0 aromatic heterocycles. The van der Waals surface area contributed by atoms with E-state index in [-0.39, 0.29) is 11.8 Å². The molecule has 28 heavy (non-hydrogen) atoms. The number of rotatable bonds is 10. The maximum Gasteiger partial charge on any atom is 0.217 e. The van der Waals surface area contributed by atoms with E-state index >= 15 is 0 Å². The SMILES string of the molecule is CCCCCCCCC(=O)[C@H]1OC(c2ccccc2)=N[C@@H]1c1ccc(Cl)cc1. The predicted molar refractivity (Wildman–Crippen MR) is 115 cm³/mol. The van der Waals surface area contributed by atoms with Crippen molar-refractivity contribution in [1.82, 2.24) is 0 Å². The zero-order valence-corrected chi connectivity index (χ0v) is 17.2. The number of halogens is 1. The quantitative estimate of drug-likeness (QED) is 0.426. The first-order chi connectivity index (χ1) is 13.7. The minimum atomic E-state index is -0.563. The Labute approximate surface area is 172 Å². The van der Waals surface area contributed by atoms with Crippen molar-refractivity contribution in [3.05, 3.63) is 70.7 Å². The lowest BCUT2D eigenvalue weighted by Crippen LogP contribution is -2.27. The molecule has 0 radical (unpaired) electrons. The summed E-state index contributed by atoms with van der Waals surface area (Å²) in [5.41, 5.74) is 1.85. The Morgan fingerprint density at radius 3 is 2.36 bits per heavy atom. The zero-order valence-electron chi connectivity index (χ0n) is 16.4. The van der Waals surface area contributed by atoms with Gasteiger partial charge in [0.1, 0.15) is 6.04 Å².